The topological polar surface area (TPSA) is 21.3 Å². The Labute approximate surface area is 111 Å². The normalized spacial score (nSPS) is 17.2. The van der Waals surface area contributed by atoms with Gasteiger partial charge >= 0.3 is 0 Å². The summed E-state index contributed by atoms with van der Waals surface area (Å²) < 4.78 is 6.84. The van der Waals surface area contributed by atoms with Crippen LogP contribution in [0.5, 0.6) is 0 Å². The molecule has 1 aliphatic heterocycles. The minimum atomic E-state index is 0.288. The van der Waals surface area contributed by atoms with Gasteiger partial charge in [-0.3, -0.25) is 0 Å². The maximum atomic E-state index is 5.72. The summed E-state index contributed by atoms with van der Waals surface area (Å²) >= 11 is 3.45. The number of likely N-dealkylation sites (N-methyl/N-ethyl adjacent to an activating group) is 1. The fourth-order valence-corrected chi connectivity index (χ4v) is 2.28. The van der Waals surface area contributed by atoms with Crippen molar-refractivity contribution in [2.45, 2.75) is 25.3 Å². The van der Waals surface area contributed by atoms with Gasteiger partial charge in [0, 0.05) is 4.47 Å². The molecular weight excluding hydrogens is 278 g/mol. The zero-order valence-corrected chi connectivity index (χ0v) is 11.7. The van der Waals surface area contributed by atoms with Crippen LogP contribution < -0.4 is 5.32 Å². The molecule has 0 radical (unpaired) electrons. The van der Waals surface area contributed by atoms with E-state index < -0.39 is 0 Å². The third-order valence-electron chi connectivity index (χ3n) is 3.01. The second-order valence-electron chi connectivity index (χ2n) is 4.27. The van der Waals surface area contributed by atoms with Gasteiger partial charge in [0.25, 0.3) is 0 Å². The molecule has 0 amide bonds. The molecule has 0 saturated heterocycles. The second kappa shape index (κ2) is 6.22. The molecule has 1 aromatic carbocycles. The van der Waals surface area contributed by atoms with Gasteiger partial charge in [0.2, 0.25) is 0 Å². The van der Waals surface area contributed by atoms with E-state index in [-0.39, 0.29) is 6.04 Å². The predicted octanol–water partition coefficient (Wildman–Crippen LogP) is 3.27. The zero-order valence-electron chi connectivity index (χ0n) is 10.1. The quantitative estimate of drug-likeness (QED) is 0.920. The summed E-state index contributed by atoms with van der Waals surface area (Å²) in [6.45, 7) is 0.852. The molecule has 0 aliphatic carbocycles. The van der Waals surface area contributed by atoms with Gasteiger partial charge in [0.1, 0.15) is 5.76 Å². The maximum Gasteiger partial charge on any atom is 0.109 e. The van der Waals surface area contributed by atoms with Crippen molar-refractivity contribution in [2.75, 3.05) is 13.7 Å². The molecule has 1 unspecified atom stereocenters. The van der Waals surface area contributed by atoms with Gasteiger partial charge in [-0.15, -0.1) is 0 Å². The van der Waals surface area contributed by atoms with Crippen LogP contribution in [0.1, 0.15) is 18.4 Å². The Bertz CT molecular complexity index is 386. The Morgan fingerprint density at radius 1 is 1.35 bits per heavy atom. The number of nitrogens with one attached hydrogen (secondary N) is 1. The number of rotatable bonds is 4. The molecule has 1 atom stereocenters. The molecule has 1 N–H and O–H groups in total. The molecule has 2 rings (SSSR count). The van der Waals surface area contributed by atoms with Crippen LogP contribution in [-0.2, 0) is 11.2 Å². The highest BCUT2D eigenvalue weighted by Gasteiger charge is 2.16. The summed E-state index contributed by atoms with van der Waals surface area (Å²) in [4.78, 5) is 0. The molecule has 0 saturated carbocycles. The highest BCUT2D eigenvalue weighted by atomic mass is 79.9. The monoisotopic (exact) mass is 295 g/mol. The average Bonchev–Trinajstić information content (AvgIpc) is 2.39. The van der Waals surface area contributed by atoms with E-state index in [0.717, 1.165) is 36.1 Å². The Morgan fingerprint density at radius 3 is 2.71 bits per heavy atom. The smallest absolute Gasteiger partial charge is 0.109 e. The van der Waals surface area contributed by atoms with Gasteiger partial charge in [0.15, 0.2) is 0 Å². The van der Waals surface area contributed by atoms with Crippen LogP contribution in [0.4, 0.5) is 0 Å². The molecule has 0 fully saturated rings. The first-order valence-corrected chi connectivity index (χ1v) is 6.83. The number of ether oxygens (including phenoxy) is 1. The maximum absolute atomic E-state index is 5.72. The lowest BCUT2D eigenvalue weighted by Gasteiger charge is -2.23. The van der Waals surface area contributed by atoms with Gasteiger partial charge in [0.05, 0.1) is 12.6 Å². The van der Waals surface area contributed by atoms with Crippen molar-refractivity contribution in [3.8, 4) is 0 Å². The minimum Gasteiger partial charge on any atom is -0.497 e. The van der Waals surface area contributed by atoms with Crippen molar-refractivity contribution in [3.05, 3.63) is 46.1 Å². The van der Waals surface area contributed by atoms with Crippen molar-refractivity contribution < 1.29 is 4.74 Å². The summed E-state index contributed by atoms with van der Waals surface area (Å²) in [7, 11) is 1.99. The standard InChI is InChI=1S/C14H18BrNO/c1-16-13(14-4-2-3-9-17-14)10-11-5-7-12(15)8-6-11/h4-8,13,16H,2-3,9-10H2,1H3. The summed E-state index contributed by atoms with van der Waals surface area (Å²) in [6.07, 6.45) is 5.45. The molecule has 0 aromatic heterocycles. The first kappa shape index (κ1) is 12.7. The zero-order chi connectivity index (χ0) is 12.1. The summed E-state index contributed by atoms with van der Waals surface area (Å²) in [5.74, 6) is 1.10. The molecule has 1 aliphatic rings. The Balaban J connectivity index is 2.04. The van der Waals surface area contributed by atoms with E-state index in [1.165, 1.54) is 5.56 Å². The lowest BCUT2D eigenvalue weighted by atomic mass is 10.0. The van der Waals surface area contributed by atoms with Gasteiger partial charge in [-0.25, -0.2) is 0 Å². The molecule has 0 spiro atoms. The second-order valence-corrected chi connectivity index (χ2v) is 5.18. The lowest BCUT2D eigenvalue weighted by molar-refractivity contribution is 0.169. The lowest BCUT2D eigenvalue weighted by Crippen LogP contribution is -2.32. The minimum absolute atomic E-state index is 0.288. The van der Waals surface area contributed by atoms with E-state index >= 15 is 0 Å². The third kappa shape index (κ3) is 3.58. The van der Waals surface area contributed by atoms with Crippen LogP contribution >= 0.6 is 15.9 Å². The number of halogens is 1. The highest BCUT2D eigenvalue weighted by Crippen LogP contribution is 2.18. The number of benzene rings is 1. The van der Waals surface area contributed by atoms with Crippen LogP contribution in [-0.4, -0.2) is 19.7 Å². The van der Waals surface area contributed by atoms with Crippen LogP contribution in [0.15, 0.2) is 40.6 Å². The Hall–Kier alpha value is -0.800. The molecule has 92 valence electrons. The van der Waals surface area contributed by atoms with Gasteiger partial charge < -0.3 is 10.1 Å². The van der Waals surface area contributed by atoms with E-state index in [0.29, 0.717) is 0 Å². The van der Waals surface area contributed by atoms with Crippen LogP contribution in [0.3, 0.4) is 0 Å². The van der Waals surface area contributed by atoms with E-state index in [9.17, 15) is 0 Å². The van der Waals surface area contributed by atoms with Gasteiger partial charge in [-0.1, -0.05) is 28.1 Å². The number of hydrogen-bond acceptors (Lipinski definition) is 2. The molecule has 17 heavy (non-hydrogen) atoms. The SMILES string of the molecule is CNC(Cc1ccc(Br)cc1)C1=CCCCO1. The van der Waals surface area contributed by atoms with E-state index in [4.69, 9.17) is 4.74 Å². The number of allylic oxidation sites excluding steroid dienone is 1. The average molecular weight is 296 g/mol. The van der Waals surface area contributed by atoms with Gasteiger partial charge in [-0.2, -0.15) is 0 Å². The fourth-order valence-electron chi connectivity index (χ4n) is 2.02. The van der Waals surface area contributed by atoms with Gasteiger partial charge in [-0.05, 0) is 50.1 Å². The molecule has 1 aromatic rings. The molecule has 1 heterocycles. The summed E-state index contributed by atoms with van der Waals surface area (Å²) in [6, 6.07) is 8.75. The van der Waals surface area contributed by atoms with Crippen molar-refractivity contribution in [1.82, 2.24) is 5.32 Å². The van der Waals surface area contributed by atoms with Crippen molar-refractivity contribution in [2.24, 2.45) is 0 Å². The fraction of sp³-hybridized carbons (Fsp3) is 0.429. The summed E-state index contributed by atoms with van der Waals surface area (Å²) in [5, 5.41) is 3.33. The van der Waals surface area contributed by atoms with Crippen LogP contribution in [0.2, 0.25) is 0 Å². The first-order chi connectivity index (χ1) is 8.29. The van der Waals surface area contributed by atoms with E-state index in [1.54, 1.807) is 0 Å². The van der Waals surface area contributed by atoms with Crippen molar-refractivity contribution >= 4 is 15.9 Å². The Kier molecular flexibility index (Phi) is 4.63. The van der Waals surface area contributed by atoms with Crippen LogP contribution in [0, 0.1) is 0 Å². The molecule has 3 heteroatoms. The summed E-state index contributed by atoms with van der Waals surface area (Å²) in [5.41, 5.74) is 1.32. The molecule has 0 bridgehead atoms. The predicted molar refractivity (Wildman–Crippen MR) is 74.0 cm³/mol. The Morgan fingerprint density at radius 2 is 2.12 bits per heavy atom. The van der Waals surface area contributed by atoms with Crippen LogP contribution in [0.25, 0.3) is 0 Å². The van der Waals surface area contributed by atoms with E-state index in [1.807, 2.05) is 7.05 Å². The van der Waals surface area contributed by atoms with Crippen molar-refractivity contribution in [3.63, 3.8) is 0 Å². The number of hydrogen-bond donors (Lipinski definition) is 1. The molecule has 2 nitrogen and oxygen atoms in total. The van der Waals surface area contributed by atoms with Crippen molar-refractivity contribution in [1.29, 1.82) is 0 Å². The largest absolute Gasteiger partial charge is 0.497 e. The van der Waals surface area contributed by atoms with E-state index in [2.05, 4.69) is 51.6 Å². The highest BCUT2D eigenvalue weighted by molar-refractivity contribution is 9.10. The molecular formula is C14H18BrNO. The first-order valence-electron chi connectivity index (χ1n) is 6.04. The third-order valence-corrected chi connectivity index (χ3v) is 3.54.